The molecule has 5 rings (SSSR count). The van der Waals surface area contributed by atoms with Crippen molar-refractivity contribution >= 4 is 23.2 Å². The molecule has 3 heterocycles. The van der Waals surface area contributed by atoms with Gasteiger partial charge in [0.15, 0.2) is 0 Å². The number of amides is 2. The van der Waals surface area contributed by atoms with Gasteiger partial charge < -0.3 is 9.80 Å². The summed E-state index contributed by atoms with van der Waals surface area (Å²) < 4.78 is 13.1. The highest BCUT2D eigenvalue weighted by Gasteiger charge is 2.31. The monoisotopic (exact) mass is 498 g/mol. The number of piperidine rings is 1. The average Bonchev–Trinajstić information content (AvgIpc) is 3.41. The van der Waals surface area contributed by atoms with Crippen molar-refractivity contribution in [2.24, 2.45) is 5.92 Å². The van der Waals surface area contributed by atoms with Gasteiger partial charge in [0.1, 0.15) is 11.5 Å². The van der Waals surface area contributed by atoms with Gasteiger partial charge >= 0.3 is 0 Å². The SMILES string of the molecule is O=C(c1csc(C2CCN(C(=O)C3CCCCC3)CC2)n1)N1CCN(Cc2ccc(F)cc2)CC1. The van der Waals surface area contributed by atoms with Crippen LogP contribution in [0.25, 0.3) is 0 Å². The summed E-state index contributed by atoms with van der Waals surface area (Å²) >= 11 is 1.59. The van der Waals surface area contributed by atoms with Gasteiger partial charge in [-0.05, 0) is 43.4 Å². The molecule has 35 heavy (non-hydrogen) atoms. The Morgan fingerprint density at radius 1 is 0.886 bits per heavy atom. The lowest BCUT2D eigenvalue weighted by molar-refractivity contribution is -0.137. The quantitative estimate of drug-likeness (QED) is 0.608. The third kappa shape index (κ3) is 5.92. The highest BCUT2D eigenvalue weighted by molar-refractivity contribution is 7.09. The van der Waals surface area contributed by atoms with E-state index in [1.54, 1.807) is 11.3 Å². The number of rotatable bonds is 5. The Bertz CT molecular complexity index is 1000. The van der Waals surface area contributed by atoms with Crippen LogP contribution in [-0.2, 0) is 11.3 Å². The molecule has 0 N–H and O–H groups in total. The molecule has 1 saturated carbocycles. The molecule has 1 aromatic carbocycles. The number of hydrogen-bond donors (Lipinski definition) is 0. The molecular weight excluding hydrogens is 463 g/mol. The fourth-order valence-electron chi connectivity index (χ4n) is 5.65. The largest absolute Gasteiger partial charge is 0.342 e. The third-order valence-electron chi connectivity index (χ3n) is 7.83. The van der Waals surface area contributed by atoms with Crippen molar-refractivity contribution in [3.63, 3.8) is 0 Å². The van der Waals surface area contributed by atoms with E-state index in [1.165, 1.54) is 31.4 Å². The van der Waals surface area contributed by atoms with Gasteiger partial charge in [0.2, 0.25) is 5.91 Å². The summed E-state index contributed by atoms with van der Waals surface area (Å²) in [7, 11) is 0. The number of halogens is 1. The van der Waals surface area contributed by atoms with E-state index in [2.05, 4.69) is 9.80 Å². The summed E-state index contributed by atoms with van der Waals surface area (Å²) in [5.41, 5.74) is 1.64. The molecule has 1 aromatic heterocycles. The lowest BCUT2D eigenvalue weighted by Gasteiger charge is -2.35. The molecule has 0 radical (unpaired) electrons. The molecule has 2 aliphatic heterocycles. The molecule has 0 unspecified atom stereocenters. The van der Waals surface area contributed by atoms with Crippen molar-refractivity contribution in [1.29, 1.82) is 0 Å². The molecule has 0 spiro atoms. The van der Waals surface area contributed by atoms with Crippen LogP contribution in [0.15, 0.2) is 29.6 Å². The minimum Gasteiger partial charge on any atom is -0.342 e. The van der Waals surface area contributed by atoms with E-state index < -0.39 is 0 Å². The lowest BCUT2D eigenvalue weighted by Crippen LogP contribution is -2.48. The van der Waals surface area contributed by atoms with Gasteiger partial charge in [-0.3, -0.25) is 14.5 Å². The van der Waals surface area contributed by atoms with Crippen LogP contribution in [0, 0.1) is 11.7 Å². The first-order chi connectivity index (χ1) is 17.1. The number of carbonyl (C=O) groups is 2. The van der Waals surface area contributed by atoms with E-state index in [9.17, 15) is 14.0 Å². The lowest BCUT2D eigenvalue weighted by atomic mass is 9.87. The molecule has 8 heteroatoms. The Balaban J connectivity index is 1.09. The fraction of sp³-hybridized carbons (Fsp3) is 0.593. The molecule has 1 aliphatic carbocycles. The van der Waals surface area contributed by atoms with E-state index in [1.807, 2.05) is 22.4 Å². The Morgan fingerprint density at radius 3 is 2.26 bits per heavy atom. The van der Waals surface area contributed by atoms with Crippen LogP contribution >= 0.6 is 11.3 Å². The summed E-state index contributed by atoms with van der Waals surface area (Å²) in [5, 5.41) is 2.94. The van der Waals surface area contributed by atoms with Gasteiger partial charge in [-0.25, -0.2) is 9.37 Å². The first kappa shape index (κ1) is 24.4. The van der Waals surface area contributed by atoms with E-state index in [-0.39, 0.29) is 17.6 Å². The molecule has 6 nitrogen and oxygen atoms in total. The number of benzene rings is 1. The predicted octanol–water partition coefficient (Wildman–Crippen LogP) is 4.53. The highest BCUT2D eigenvalue weighted by atomic mass is 32.1. The maximum Gasteiger partial charge on any atom is 0.273 e. The molecule has 2 amide bonds. The van der Waals surface area contributed by atoms with Crippen LogP contribution in [0.1, 0.15) is 71.9 Å². The predicted molar refractivity (Wildman–Crippen MR) is 135 cm³/mol. The number of thiazole rings is 1. The van der Waals surface area contributed by atoms with Crippen molar-refractivity contribution in [3.8, 4) is 0 Å². The van der Waals surface area contributed by atoms with Gasteiger partial charge in [0.25, 0.3) is 5.91 Å². The summed E-state index contributed by atoms with van der Waals surface area (Å²) in [6.45, 7) is 5.33. The van der Waals surface area contributed by atoms with Gasteiger partial charge in [-0.1, -0.05) is 31.4 Å². The number of carbonyl (C=O) groups excluding carboxylic acids is 2. The number of nitrogens with zero attached hydrogens (tertiary/aromatic N) is 4. The van der Waals surface area contributed by atoms with Crippen LogP contribution in [-0.4, -0.2) is 70.8 Å². The second kappa shape index (κ2) is 11.2. The highest BCUT2D eigenvalue weighted by Crippen LogP contribution is 2.33. The average molecular weight is 499 g/mol. The van der Waals surface area contributed by atoms with Gasteiger partial charge in [-0.15, -0.1) is 11.3 Å². The van der Waals surface area contributed by atoms with E-state index >= 15 is 0 Å². The van der Waals surface area contributed by atoms with Crippen molar-refractivity contribution in [3.05, 3.63) is 51.7 Å². The molecule has 188 valence electrons. The van der Waals surface area contributed by atoms with Crippen molar-refractivity contribution in [1.82, 2.24) is 19.7 Å². The molecule has 3 fully saturated rings. The first-order valence-corrected chi connectivity index (χ1v) is 13.9. The molecule has 3 aliphatic rings. The summed E-state index contributed by atoms with van der Waals surface area (Å²) in [6.07, 6.45) is 7.61. The minimum atomic E-state index is -0.217. The smallest absolute Gasteiger partial charge is 0.273 e. The number of hydrogen-bond acceptors (Lipinski definition) is 5. The van der Waals surface area contributed by atoms with E-state index in [4.69, 9.17) is 4.98 Å². The zero-order chi connectivity index (χ0) is 24.2. The Labute approximate surface area is 211 Å². The zero-order valence-electron chi connectivity index (χ0n) is 20.3. The normalized spacial score (nSPS) is 20.8. The molecule has 2 aromatic rings. The standard InChI is InChI=1S/C27H35FN4O2S/c28-23-8-6-20(7-9-23)18-30-14-16-32(17-15-30)27(34)24-19-35-25(29-24)21-10-12-31(13-11-21)26(33)22-4-2-1-3-5-22/h6-9,19,21-22H,1-5,10-18H2. The minimum absolute atomic E-state index is 0.0128. The number of aromatic nitrogens is 1. The molecular formula is C27H35FN4O2S. The maximum absolute atomic E-state index is 13.1. The van der Waals surface area contributed by atoms with Crippen LogP contribution < -0.4 is 0 Å². The van der Waals surface area contributed by atoms with Crippen LogP contribution in [0.3, 0.4) is 0 Å². The number of piperazine rings is 1. The van der Waals surface area contributed by atoms with Crippen LogP contribution in [0.2, 0.25) is 0 Å². The van der Waals surface area contributed by atoms with Crippen molar-refractivity contribution in [2.45, 2.75) is 57.4 Å². The van der Waals surface area contributed by atoms with Gasteiger partial charge in [0, 0.05) is 63.0 Å². The van der Waals surface area contributed by atoms with E-state index in [0.717, 1.165) is 69.0 Å². The first-order valence-electron chi connectivity index (χ1n) is 13.1. The van der Waals surface area contributed by atoms with E-state index in [0.29, 0.717) is 30.6 Å². The summed E-state index contributed by atoms with van der Waals surface area (Å²) in [6, 6.07) is 6.63. The van der Waals surface area contributed by atoms with Gasteiger partial charge in [-0.2, -0.15) is 0 Å². The van der Waals surface area contributed by atoms with Crippen molar-refractivity contribution < 1.29 is 14.0 Å². The Morgan fingerprint density at radius 2 is 1.57 bits per heavy atom. The fourth-order valence-corrected chi connectivity index (χ4v) is 6.61. The topological polar surface area (TPSA) is 56.8 Å². The van der Waals surface area contributed by atoms with Gasteiger partial charge in [0.05, 0.1) is 5.01 Å². The van der Waals surface area contributed by atoms with Crippen molar-refractivity contribution in [2.75, 3.05) is 39.3 Å². The second-order valence-electron chi connectivity index (χ2n) is 10.2. The maximum atomic E-state index is 13.1. The molecule has 0 atom stereocenters. The molecule has 0 bridgehead atoms. The molecule has 2 saturated heterocycles. The summed E-state index contributed by atoms with van der Waals surface area (Å²) in [5.74, 6) is 0.728. The summed E-state index contributed by atoms with van der Waals surface area (Å²) in [4.78, 5) is 36.9. The second-order valence-corrected chi connectivity index (χ2v) is 11.1. The van der Waals surface area contributed by atoms with Crippen LogP contribution in [0.4, 0.5) is 4.39 Å². The Hall–Kier alpha value is -2.32. The zero-order valence-corrected chi connectivity index (χ0v) is 21.1. The number of likely N-dealkylation sites (tertiary alicyclic amines) is 1. The Kier molecular flexibility index (Phi) is 7.78. The third-order valence-corrected chi connectivity index (χ3v) is 8.84. The van der Waals surface area contributed by atoms with Crippen LogP contribution in [0.5, 0.6) is 0 Å².